The molecule has 2 fully saturated rings. The highest BCUT2D eigenvalue weighted by Crippen LogP contribution is 2.27. The number of morpholine rings is 1. The quantitative estimate of drug-likeness (QED) is 0.718. The second kappa shape index (κ2) is 9.40. The SMILES string of the molecule is CCc1cccc(N2C[C@@H](C(=O)Nc3cccc(S(=O)(=O)N4CCOCC4)c3)CC2=O)c1. The van der Waals surface area contributed by atoms with Crippen LogP contribution in [0, 0.1) is 5.92 Å². The molecule has 2 aromatic rings. The molecule has 170 valence electrons. The van der Waals surface area contributed by atoms with Crippen LogP contribution in [0.25, 0.3) is 0 Å². The predicted molar refractivity (Wildman–Crippen MR) is 121 cm³/mol. The number of ether oxygens (including phenoxy) is 1. The van der Waals surface area contributed by atoms with Crippen molar-refractivity contribution in [2.24, 2.45) is 5.92 Å². The summed E-state index contributed by atoms with van der Waals surface area (Å²) in [5.41, 5.74) is 2.31. The summed E-state index contributed by atoms with van der Waals surface area (Å²) >= 11 is 0. The summed E-state index contributed by atoms with van der Waals surface area (Å²) in [7, 11) is -3.66. The number of aryl methyl sites for hydroxylation is 1. The molecule has 0 aliphatic carbocycles. The number of rotatable bonds is 6. The van der Waals surface area contributed by atoms with E-state index in [1.54, 1.807) is 17.0 Å². The van der Waals surface area contributed by atoms with Crippen molar-refractivity contribution in [3.8, 4) is 0 Å². The van der Waals surface area contributed by atoms with Gasteiger partial charge in [-0.25, -0.2) is 8.42 Å². The van der Waals surface area contributed by atoms with Crippen LogP contribution in [0.2, 0.25) is 0 Å². The van der Waals surface area contributed by atoms with Crippen molar-refractivity contribution in [3.63, 3.8) is 0 Å². The number of carbonyl (C=O) groups is 2. The van der Waals surface area contributed by atoms with Gasteiger partial charge < -0.3 is 15.0 Å². The minimum atomic E-state index is -3.66. The number of nitrogens with zero attached hydrogens (tertiary/aromatic N) is 2. The minimum absolute atomic E-state index is 0.0953. The maximum Gasteiger partial charge on any atom is 0.243 e. The molecule has 32 heavy (non-hydrogen) atoms. The lowest BCUT2D eigenvalue weighted by atomic mass is 10.1. The number of sulfonamides is 1. The summed E-state index contributed by atoms with van der Waals surface area (Å²) in [5.74, 6) is -0.900. The van der Waals surface area contributed by atoms with Gasteiger partial charge in [0.2, 0.25) is 21.8 Å². The van der Waals surface area contributed by atoms with Crippen LogP contribution in [0.1, 0.15) is 18.9 Å². The van der Waals surface area contributed by atoms with Crippen LogP contribution in [0.4, 0.5) is 11.4 Å². The van der Waals surface area contributed by atoms with Gasteiger partial charge in [-0.15, -0.1) is 0 Å². The molecule has 2 aliphatic heterocycles. The number of amides is 2. The van der Waals surface area contributed by atoms with E-state index in [0.29, 0.717) is 38.5 Å². The van der Waals surface area contributed by atoms with E-state index in [2.05, 4.69) is 12.2 Å². The number of carbonyl (C=O) groups excluding carboxylic acids is 2. The Bertz CT molecular complexity index is 1110. The van der Waals surface area contributed by atoms with Crippen LogP contribution >= 0.6 is 0 Å². The van der Waals surface area contributed by atoms with Crippen LogP contribution in [0.5, 0.6) is 0 Å². The zero-order valence-corrected chi connectivity index (χ0v) is 18.8. The van der Waals surface area contributed by atoms with Crippen LogP contribution in [0.15, 0.2) is 53.4 Å². The Morgan fingerprint density at radius 2 is 1.88 bits per heavy atom. The average molecular weight is 458 g/mol. The largest absolute Gasteiger partial charge is 0.379 e. The van der Waals surface area contributed by atoms with Crippen LogP contribution in [0.3, 0.4) is 0 Å². The third-order valence-electron chi connectivity index (χ3n) is 5.84. The number of benzene rings is 2. The first-order valence-corrected chi connectivity index (χ1v) is 12.2. The summed E-state index contributed by atoms with van der Waals surface area (Å²) in [4.78, 5) is 27.2. The smallest absolute Gasteiger partial charge is 0.243 e. The van der Waals surface area contributed by atoms with E-state index in [1.165, 1.54) is 16.4 Å². The molecule has 2 aromatic carbocycles. The van der Waals surface area contributed by atoms with Gasteiger partial charge in [0.15, 0.2) is 0 Å². The lowest BCUT2D eigenvalue weighted by Gasteiger charge is -2.26. The fraction of sp³-hybridized carbons (Fsp3) is 0.391. The molecule has 2 amide bonds. The summed E-state index contributed by atoms with van der Waals surface area (Å²) in [6, 6.07) is 14.0. The molecule has 9 heteroatoms. The van der Waals surface area contributed by atoms with Gasteiger partial charge >= 0.3 is 0 Å². The van der Waals surface area contributed by atoms with Crippen molar-refractivity contribution in [1.82, 2.24) is 4.31 Å². The summed E-state index contributed by atoms with van der Waals surface area (Å²) in [6.45, 7) is 3.68. The first kappa shape index (κ1) is 22.4. The monoisotopic (exact) mass is 457 g/mol. The number of hydrogen-bond acceptors (Lipinski definition) is 5. The molecule has 0 aromatic heterocycles. The molecule has 0 bridgehead atoms. The molecule has 2 saturated heterocycles. The molecule has 0 unspecified atom stereocenters. The van der Waals surface area contributed by atoms with Crippen LogP contribution in [-0.2, 0) is 30.8 Å². The van der Waals surface area contributed by atoms with Crippen molar-refractivity contribution in [3.05, 3.63) is 54.1 Å². The van der Waals surface area contributed by atoms with Gasteiger partial charge in [-0.3, -0.25) is 9.59 Å². The third kappa shape index (κ3) is 4.69. The Morgan fingerprint density at radius 3 is 2.62 bits per heavy atom. The van der Waals surface area contributed by atoms with Gasteiger partial charge in [0.25, 0.3) is 0 Å². The maximum absolute atomic E-state index is 12.9. The molecule has 0 saturated carbocycles. The van der Waals surface area contributed by atoms with E-state index in [1.807, 2.05) is 24.3 Å². The zero-order chi connectivity index (χ0) is 22.7. The number of nitrogens with one attached hydrogen (secondary N) is 1. The van der Waals surface area contributed by atoms with Gasteiger partial charge in [-0.1, -0.05) is 25.1 Å². The highest BCUT2D eigenvalue weighted by molar-refractivity contribution is 7.89. The first-order chi connectivity index (χ1) is 15.4. The highest BCUT2D eigenvalue weighted by Gasteiger charge is 2.35. The van der Waals surface area contributed by atoms with Crippen molar-refractivity contribution in [2.75, 3.05) is 43.1 Å². The second-order valence-electron chi connectivity index (χ2n) is 7.96. The van der Waals surface area contributed by atoms with Gasteiger partial charge in [0.1, 0.15) is 0 Å². The number of anilines is 2. The lowest BCUT2D eigenvalue weighted by Crippen LogP contribution is -2.40. The molecule has 0 radical (unpaired) electrons. The van der Waals surface area contributed by atoms with E-state index in [-0.39, 0.29) is 23.1 Å². The molecular formula is C23H27N3O5S. The molecule has 2 aliphatic rings. The van der Waals surface area contributed by atoms with E-state index in [4.69, 9.17) is 4.74 Å². The van der Waals surface area contributed by atoms with Crippen LogP contribution < -0.4 is 10.2 Å². The fourth-order valence-corrected chi connectivity index (χ4v) is 5.45. The lowest BCUT2D eigenvalue weighted by molar-refractivity contribution is -0.122. The zero-order valence-electron chi connectivity index (χ0n) is 18.0. The Morgan fingerprint density at radius 1 is 1.12 bits per heavy atom. The van der Waals surface area contributed by atoms with Gasteiger partial charge in [-0.05, 0) is 42.3 Å². The van der Waals surface area contributed by atoms with E-state index in [0.717, 1.165) is 17.7 Å². The van der Waals surface area contributed by atoms with Crippen molar-refractivity contribution >= 4 is 33.2 Å². The topological polar surface area (TPSA) is 96.0 Å². The fourth-order valence-electron chi connectivity index (χ4n) is 3.99. The normalized spacial score (nSPS) is 19.8. The molecular weight excluding hydrogens is 430 g/mol. The Labute approximate surface area is 188 Å². The molecule has 4 rings (SSSR count). The molecule has 1 atom stereocenters. The summed E-state index contributed by atoms with van der Waals surface area (Å²) < 4.78 is 32.4. The van der Waals surface area contributed by atoms with Gasteiger partial charge in [0.05, 0.1) is 24.0 Å². The van der Waals surface area contributed by atoms with Crippen molar-refractivity contribution in [1.29, 1.82) is 0 Å². The van der Waals surface area contributed by atoms with Crippen molar-refractivity contribution < 1.29 is 22.7 Å². The number of hydrogen-bond donors (Lipinski definition) is 1. The third-order valence-corrected chi connectivity index (χ3v) is 7.73. The average Bonchev–Trinajstić information content (AvgIpc) is 3.21. The van der Waals surface area contributed by atoms with E-state index >= 15 is 0 Å². The first-order valence-electron chi connectivity index (χ1n) is 10.8. The summed E-state index contributed by atoms with van der Waals surface area (Å²) in [5, 5.41) is 2.79. The second-order valence-corrected chi connectivity index (χ2v) is 9.90. The molecule has 0 spiro atoms. The van der Waals surface area contributed by atoms with Gasteiger partial charge in [0, 0.05) is 37.4 Å². The molecule has 2 heterocycles. The van der Waals surface area contributed by atoms with Gasteiger partial charge in [-0.2, -0.15) is 4.31 Å². The minimum Gasteiger partial charge on any atom is -0.379 e. The molecule has 1 N–H and O–H groups in total. The Balaban J connectivity index is 1.45. The van der Waals surface area contributed by atoms with E-state index < -0.39 is 15.9 Å². The van der Waals surface area contributed by atoms with Crippen LogP contribution in [-0.4, -0.2) is 57.4 Å². The van der Waals surface area contributed by atoms with Crippen molar-refractivity contribution in [2.45, 2.75) is 24.7 Å². The highest BCUT2D eigenvalue weighted by atomic mass is 32.2. The Hall–Kier alpha value is -2.75. The standard InChI is InChI=1S/C23H27N3O5S/c1-2-17-5-3-7-20(13-17)26-16-18(14-22(26)27)23(28)24-19-6-4-8-21(15-19)32(29,30)25-9-11-31-12-10-25/h3-8,13,15,18H,2,9-12,14,16H2,1H3,(H,24,28)/t18-/m0/s1. The van der Waals surface area contributed by atoms with E-state index in [9.17, 15) is 18.0 Å². The predicted octanol–water partition coefficient (Wildman–Crippen LogP) is 2.26. The maximum atomic E-state index is 12.9. The molecule has 8 nitrogen and oxygen atoms in total. The summed E-state index contributed by atoms with van der Waals surface area (Å²) in [6.07, 6.45) is 0.984. The Kier molecular flexibility index (Phi) is 6.59.